The van der Waals surface area contributed by atoms with Crippen molar-refractivity contribution >= 4 is 11.8 Å². The number of unbranched alkanes of at least 4 members (excludes halogenated alkanes) is 8. The van der Waals surface area contributed by atoms with E-state index in [1.54, 1.807) is 0 Å². The smallest absolute Gasteiger partial charge is 0.222 e. The van der Waals surface area contributed by atoms with Crippen LogP contribution in [0.1, 0.15) is 97.3 Å². The van der Waals surface area contributed by atoms with Crippen molar-refractivity contribution in [2.75, 3.05) is 52.4 Å². The van der Waals surface area contributed by atoms with E-state index in [4.69, 9.17) is 4.74 Å². The lowest BCUT2D eigenvalue weighted by Crippen LogP contribution is -2.50. The Balaban J connectivity index is 1.38. The lowest BCUT2D eigenvalue weighted by Gasteiger charge is -2.35. The SMILES string of the molecule is CCCCC(=O)N1CCN(C(=O)CCCCCCCCCCN2CCC(OCC)C2)CC1. The number of hydrogen-bond donors (Lipinski definition) is 0. The van der Waals surface area contributed by atoms with Crippen LogP contribution in [0.4, 0.5) is 0 Å². The zero-order chi connectivity index (χ0) is 23.0. The number of carbonyl (C=O) groups excluding carboxylic acids is 2. The first-order chi connectivity index (χ1) is 15.6. The van der Waals surface area contributed by atoms with Crippen LogP contribution in [0, 0.1) is 0 Å². The van der Waals surface area contributed by atoms with Gasteiger partial charge >= 0.3 is 0 Å². The molecule has 0 aromatic carbocycles. The number of piperazine rings is 1. The highest BCUT2D eigenvalue weighted by Gasteiger charge is 2.23. The lowest BCUT2D eigenvalue weighted by molar-refractivity contribution is -0.139. The van der Waals surface area contributed by atoms with E-state index in [1.165, 1.54) is 58.0 Å². The molecule has 0 aliphatic carbocycles. The molecule has 2 heterocycles. The van der Waals surface area contributed by atoms with E-state index in [2.05, 4.69) is 18.7 Å². The van der Waals surface area contributed by atoms with Gasteiger partial charge in [-0.1, -0.05) is 51.9 Å². The van der Waals surface area contributed by atoms with Crippen molar-refractivity contribution in [1.82, 2.24) is 14.7 Å². The average Bonchev–Trinajstić information content (AvgIpc) is 3.26. The van der Waals surface area contributed by atoms with Crippen LogP contribution in [0.25, 0.3) is 0 Å². The molecule has 6 nitrogen and oxygen atoms in total. The number of carbonyl (C=O) groups is 2. The van der Waals surface area contributed by atoms with E-state index in [1.807, 2.05) is 9.80 Å². The molecule has 2 aliphatic rings. The molecule has 2 saturated heterocycles. The Hall–Kier alpha value is -1.14. The van der Waals surface area contributed by atoms with Crippen LogP contribution >= 0.6 is 0 Å². The molecule has 0 bridgehead atoms. The minimum absolute atomic E-state index is 0.255. The number of hydrogen-bond acceptors (Lipinski definition) is 4. The first-order valence-electron chi connectivity index (χ1n) is 13.5. The molecular formula is C26H49N3O3. The summed E-state index contributed by atoms with van der Waals surface area (Å²) in [5.41, 5.74) is 0. The van der Waals surface area contributed by atoms with Crippen LogP contribution in [0.3, 0.4) is 0 Å². The van der Waals surface area contributed by atoms with Crippen molar-refractivity contribution in [2.24, 2.45) is 0 Å². The summed E-state index contributed by atoms with van der Waals surface area (Å²) in [5, 5.41) is 0. The molecule has 0 N–H and O–H groups in total. The van der Waals surface area contributed by atoms with Gasteiger partial charge in [-0.2, -0.15) is 0 Å². The maximum atomic E-state index is 12.4. The first-order valence-corrected chi connectivity index (χ1v) is 13.5. The summed E-state index contributed by atoms with van der Waals surface area (Å²) < 4.78 is 5.72. The number of likely N-dealkylation sites (tertiary alicyclic amines) is 1. The van der Waals surface area contributed by atoms with E-state index in [0.717, 1.165) is 38.8 Å². The molecule has 186 valence electrons. The predicted octanol–water partition coefficient (Wildman–Crippen LogP) is 4.47. The van der Waals surface area contributed by atoms with E-state index < -0.39 is 0 Å². The predicted molar refractivity (Wildman–Crippen MR) is 131 cm³/mol. The third-order valence-corrected chi connectivity index (χ3v) is 6.98. The molecule has 32 heavy (non-hydrogen) atoms. The summed E-state index contributed by atoms with van der Waals surface area (Å²) in [6.45, 7) is 11.4. The van der Waals surface area contributed by atoms with Gasteiger partial charge in [0.1, 0.15) is 0 Å². The Labute approximate surface area is 197 Å². The second kappa shape index (κ2) is 16.5. The normalized spacial score (nSPS) is 19.6. The Morgan fingerprint density at radius 2 is 1.25 bits per heavy atom. The highest BCUT2D eigenvalue weighted by atomic mass is 16.5. The quantitative estimate of drug-likeness (QED) is 0.325. The molecule has 0 spiro atoms. The van der Waals surface area contributed by atoms with Crippen molar-refractivity contribution < 1.29 is 14.3 Å². The van der Waals surface area contributed by atoms with Gasteiger partial charge in [-0.3, -0.25) is 9.59 Å². The molecule has 1 atom stereocenters. The molecule has 2 fully saturated rings. The van der Waals surface area contributed by atoms with Crippen molar-refractivity contribution in [3.8, 4) is 0 Å². The molecule has 1 unspecified atom stereocenters. The van der Waals surface area contributed by atoms with Crippen LogP contribution in [0.15, 0.2) is 0 Å². The fourth-order valence-corrected chi connectivity index (χ4v) is 4.89. The van der Waals surface area contributed by atoms with Gasteiger partial charge in [-0.05, 0) is 39.2 Å². The van der Waals surface area contributed by atoms with Crippen molar-refractivity contribution in [1.29, 1.82) is 0 Å². The zero-order valence-electron chi connectivity index (χ0n) is 21.0. The fourth-order valence-electron chi connectivity index (χ4n) is 4.89. The van der Waals surface area contributed by atoms with Gasteiger partial charge in [-0.15, -0.1) is 0 Å². The second-order valence-corrected chi connectivity index (χ2v) is 9.61. The fraction of sp³-hybridized carbons (Fsp3) is 0.923. The summed E-state index contributed by atoms with van der Waals surface area (Å²) in [6, 6.07) is 0. The molecule has 2 amide bonds. The van der Waals surface area contributed by atoms with Crippen molar-refractivity contribution in [3.63, 3.8) is 0 Å². The zero-order valence-corrected chi connectivity index (χ0v) is 21.0. The molecule has 0 radical (unpaired) electrons. The Morgan fingerprint density at radius 1 is 0.719 bits per heavy atom. The maximum absolute atomic E-state index is 12.4. The van der Waals surface area contributed by atoms with Gasteiger partial charge in [0, 0.05) is 58.7 Å². The number of amides is 2. The lowest BCUT2D eigenvalue weighted by atomic mass is 10.1. The number of nitrogens with zero attached hydrogens (tertiary/aromatic N) is 3. The van der Waals surface area contributed by atoms with Gasteiger partial charge in [-0.25, -0.2) is 0 Å². The highest BCUT2D eigenvalue weighted by Crippen LogP contribution is 2.15. The van der Waals surface area contributed by atoms with Crippen LogP contribution in [0.2, 0.25) is 0 Å². The molecule has 0 aromatic rings. The number of ether oxygens (including phenoxy) is 1. The van der Waals surface area contributed by atoms with Crippen LogP contribution in [0.5, 0.6) is 0 Å². The minimum atomic E-state index is 0.255. The topological polar surface area (TPSA) is 53.1 Å². The summed E-state index contributed by atoms with van der Waals surface area (Å²) in [5.74, 6) is 0.532. The third kappa shape index (κ3) is 10.7. The molecule has 0 saturated carbocycles. The van der Waals surface area contributed by atoms with Crippen LogP contribution in [-0.4, -0.2) is 85.0 Å². The Kier molecular flexibility index (Phi) is 14.0. The van der Waals surface area contributed by atoms with Gasteiger partial charge in [0.15, 0.2) is 0 Å². The van der Waals surface area contributed by atoms with E-state index in [9.17, 15) is 9.59 Å². The standard InChI is InChI=1S/C26H49N3O3/c1-3-5-14-25(30)28-19-21-29(22-20-28)26(31)15-12-10-8-6-7-9-11-13-17-27-18-16-24(23-27)32-4-2/h24H,3-23H2,1-2H3. The molecule has 2 aliphatic heterocycles. The van der Waals surface area contributed by atoms with Gasteiger partial charge < -0.3 is 19.4 Å². The van der Waals surface area contributed by atoms with Gasteiger partial charge in [0.25, 0.3) is 0 Å². The van der Waals surface area contributed by atoms with Crippen LogP contribution in [-0.2, 0) is 14.3 Å². The maximum Gasteiger partial charge on any atom is 0.222 e. The van der Waals surface area contributed by atoms with Gasteiger partial charge in [0.2, 0.25) is 11.8 Å². The summed E-state index contributed by atoms with van der Waals surface area (Å²) in [4.78, 5) is 31.0. The number of rotatable bonds is 16. The summed E-state index contributed by atoms with van der Waals surface area (Å²) in [7, 11) is 0. The first kappa shape index (κ1) is 27.1. The van der Waals surface area contributed by atoms with E-state index >= 15 is 0 Å². The highest BCUT2D eigenvalue weighted by molar-refractivity contribution is 5.78. The third-order valence-electron chi connectivity index (χ3n) is 6.98. The Morgan fingerprint density at radius 3 is 1.81 bits per heavy atom. The van der Waals surface area contributed by atoms with Crippen molar-refractivity contribution in [2.45, 2.75) is 103 Å². The monoisotopic (exact) mass is 451 g/mol. The van der Waals surface area contributed by atoms with Crippen LogP contribution < -0.4 is 0 Å². The average molecular weight is 452 g/mol. The largest absolute Gasteiger partial charge is 0.377 e. The molecule has 2 rings (SSSR count). The Bertz CT molecular complexity index is 520. The second-order valence-electron chi connectivity index (χ2n) is 9.61. The van der Waals surface area contributed by atoms with E-state index in [0.29, 0.717) is 45.1 Å². The van der Waals surface area contributed by atoms with Crippen molar-refractivity contribution in [3.05, 3.63) is 0 Å². The van der Waals surface area contributed by atoms with Gasteiger partial charge in [0.05, 0.1) is 6.10 Å². The minimum Gasteiger partial charge on any atom is -0.377 e. The molecule has 0 aromatic heterocycles. The molecular weight excluding hydrogens is 402 g/mol. The molecule has 6 heteroatoms. The summed E-state index contributed by atoms with van der Waals surface area (Å²) >= 11 is 0. The summed E-state index contributed by atoms with van der Waals surface area (Å²) in [6.07, 6.45) is 15.0. The van der Waals surface area contributed by atoms with E-state index in [-0.39, 0.29) is 11.8 Å².